The van der Waals surface area contributed by atoms with E-state index in [2.05, 4.69) is 41.9 Å². The molecule has 1 saturated heterocycles. The Balaban J connectivity index is 2.20. The molecular weight excluding hydrogens is 292 g/mol. The normalized spacial score (nSPS) is 21.7. The molecule has 18 heavy (non-hydrogen) atoms. The van der Waals surface area contributed by atoms with Crippen LogP contribution in [0.2, 0.25) is 0 Å². The van der Waals surface area contributed by atoms with Crippen molar-refractivity contribution in [2.75, 3.05) is 18.5 Å². The number of hydrogen-bond donors (Lipinski definition) is 0. The Hall–Kier alpha value is -0.380. The highest BCUT2D eigenvalue weighted by molar-refractivity contribution is 9.09. The van der Waals surface area contributed by atoms with Gasteiger partial charge in [0.1, 0.15) is 0 Å². The van der Waals surface area contributed by atoms with E-state index in [9.17, 15) is 0 Å². The van der Waals surface area contributed by atoms with Crippen LogP contribution in [0.4, 0.5) is 0 Å². The summed E-state index contributed by atoms with van der Waals surface area (Å²) in [6.07, 6.45) is 1.92. The van der Waals surface area contributed by atoms with Gasteiger partial charge in [-0.3, -0.25) is 0 Å². The number of rotatable bonds is 4. The predicted octanol–water partition coefficient (Wildman–Crippen LogP) is 4.09. The highest BCUT2D eigenvalue weighted by Gasteiger charge is 2.41. The van der Waals surface area contributed by atoms with Gasteiger partial charge in [0.15, 0.2) is 5.79 Å². The molecule has 3 heteroatoms. The maximum Gasteiger partial charge on any atom is 0.194 e. The Labute approximate surface area is 118 Å². The number of benzene rings is 1. The van der Waals surface area contributed by atoms with Crippen molar-refractivity contribution in [3.8, 4) is 0 Å². The zero-order valence-electron chi connectivity index (χ0n) is 11.1. The molecule has 1 aromatic carbocycles. The molecule has 0 radical (unpaired) electrons. The molecule has 0 atom stereocenters. The van der Waals surface area contributed by atoms with Crippen LogP contribution in [0.15, 0.2) is 30.3 Å². The Morgan fingerprint density at radius 1 is 1.11 bits per heavy atom. The fourth-order valence-corrected chi connectivity index (χ4v) is 2.43. The van der Waals surface area contributed by atoms with Gasteiger partial charge < -0.3 is 9.47 Å². The van der Waals surface area contributed by atoms with Crippen molar-refractivity contribution >= 4 is 15.9 Å². The highest BCUT2D eigenvalue weighted by atomic mass is 79.9. The molecule has 0 spiro atoms. The first-order valence-corrected chi connectivity index (χ1v) is 7.60. The average Bonchev–Trinajstić information content (AvgIpc) is 2.39. The summed E-state index contributed by atoms with van der Waals surface area (Å²) in [5.74, 6) is -0.551. The molecule has 1 aliphatic rings. The fraction of sp³-hybridized carbons (Fsp3) is 0.600. The molecule has 0 aromatic heterocycles. The summed E-state index contributed by atoms with van der Waals surface area (Å²) in [7, 11) is 0. The number of halogens is 1. The summed E-state index contributed by atoms with van der Waals surface area (Å²) in [5.41, 5.74) is 1.23. The van der Waals surface area contributed by atoms with Crippen molar-refractivity contribution < 1.29 is 9.47 Å². The minimum atomic E-state index is -0.551. The summed E-state index contributed by atoms with van der Waals surface area (Å²) in [4.78, 5) is 0. The number of alkyl halides is 1. The fourth-order valence-electron chi connectivity index (χ4n) is 2.15. The first kappa shape index (κ1) is 14.0. The number of ether oxygens (including phenoxy) is 2. The lowest BCUT2D eigenvalue weighted by Gasteiger charge is -2.43. The van der Waals surface area contributed by atoms with Gasteiger partial charge in [-0.1, -0.05) is 60.1 Å². The molecule has 0 aliphatic carbocycles. The molecule has 1 aromatic rings. The molecule has 0 unspecified atom stereocenters. The lowest BCUT2D eigenvalue weighted by Crippen LogP contribution is -2.45. The highest BCUT2D eigenvalue weighted by Crippen LogP contribution is 2.39. The summed E-state index contributed by atoms with van der Waals surface area (Å²) in [6, 6.07) is 10.3. The largest absolute Gasteiger partial charge is 0.345 e. The maximum atomic E-state index is 6.13. The van der Waals surface area contributed by atoms with Gasteiger partial charge >= 0.3 is 0 Å². The molecule has 0 amide bonds. The Bertz CT molecular complexity index is 365. The third-order valence-electron chi connectivity index (χ3n) is 3.25. The van der Waals surface area contributed by atoms with E-state index < -0.39 is 5.79 Å². The van der Waals surface area contributed by atoms with Crippen LogP contribution in [-0.4, -0.2) is 18.5 Å². The second kappa shape index (κ2) is 5.72. The topological polar surface area (TPSA) is 18.5 Å². The van der Waals surface area contributed by atoms with Gasteiger partial charge in [-0.05, 0) is 6.42 Å². The number of hydrogen-bond acceptors (Lipinski definition) is 2. The minimum Gasteiger partial charge on any atom is -0.345 e. The summed E-state index contributed by atoms with van der Waals surface area (Å²) >= 11 is 3.48. The summed E-state index contributed by atoms with van der Waals surface area (Å²) in [5, 5.41) is 0.970. The molecule has 2 rings (SSSR count). The van der Waals surface area contributed by atoms with E-state index in [4.69, 9.17) is 9.47 Å². The van der Waals surface area contributed by atoms with Crippen molar-refractivity contribution in [2.24, 2.45) is 5.41 Å². The van der Waals surface area contributed by atoms with Gasteiger partial charge in [-0.25, -0.2) is 0 Å². The Morgan fingerprint density at radius 3 is 2.28 bits per heavy atom. The minimum absolute atomic E-state index is 0.104. The molecule has 1 fully saturated rings. The Morgan fingerprint density at radius 2 is 1.72 bits per heavy atom. The van der Waals surface area contributed by atoms with Crippen LogP contribution in [-0.2, 0) is 15.3 Å². The molecule has 1 heterocycles. The lowest BCUT2D eigenvalue weighted by molar-refractivity contribution is -0.311. The van der Waals surface area contributed by atoms with Gasteiger partial charge in [0, 0.05) is 22.7 Å². The van der Waals surface area contributed by atoms with Crippen LogP contribution in [0.3, 0.4) is 0 Å². The van der Waals surface area contributed by atoms with Crippen LogP contribution >= 0.6 is 15.9 Å². The predicted molar refractivity (Wildman–Crippen MR) is 76.8 cm³/mol. The third-order valence-corrected chi connectivity index (χ3v) is 3.81. The van der Waals surface area contributed by atoms with Crippen molar-refractivity contribution in [2.45, 2.75) is 32.5 Å². The van der Waals surface area contributed by atoms with Crippen molar-refractivity contribution in [3.63, 3.8) is 0 Å². The molecule has 0 saturated carbocycles. The Kier molecular flexibility index (Phi) is 4.46. The van der Waals surface area contributed by atoms with Gasteiger partial charge in [0.2, 0.25) is 0 Å². The zero-order chi connectivity index (χ0) is 13.1. The molecular formula is C15H21BrO2. The van der Waals surface area contributed by atoms with Crippen LogP contribution < -0.4 is 0 Å². The SMILES string of the molecule is CC1(C)COC(CCCBr)(c2ccccc2)OC1. The molecule has 100 valence electrons. The van der Waals surface area contributed by atoms with E-state index in [1.54, 1.807) is 0 Å². The lowest BCUT2D eigenvalue weighted by atomic mass is 9.92. The van der Waals surface area contributed by atoms with E-state index in [1.165, 1.54) is 0 Å². The van der Waals surface area contributed by atoms with Gasteiger partial charge in [0.25, 0.3) is 0 Å². The monoisotopic (exact) mass is 312 g/mol. The van der Waals surface area contributed by atoms with Crippen LogP contribution in [0.5, 0.6) is 0 Å². The van der Waals surface area contributed by atoms with Crippen LogP contribution in [0, 0.1) is 5.41 Å². The van der Waals surface area contributed by atoms with E-state index in [0.717, 1.165) is 36.9 Å². The molecule has 0 N–H and O–H groups in total. The van der Waals surface area contributed by atoms with Gasteiger partial charge in [-0.2, -0.15) is 0 Å². The summed E-state index contributed by atoms with van der Waals surface area (Å²) < 4.78 is 12.3. The molecule has 1 aliphatic heterocycles. The van der Waals surface area contributed by atoms with Gasteiger partial charge in [0.05, 0.1) is 13.2 Å². The first-order chi connectivity index (χ1) is 8.58. The molecule has 0 bridgehead atoms. The second-order valence-corrected chi connectivity index (χ2v) is 6.45. The third kappa shape index (κ3) is 3.14. The first-order valence-electron chi connectivity index (χ1n) is 6.47. The maximum absolute atomic E-state index is 6.13. The van der Waals surface area contributed by atoms with Gasteiger partial charge in [-0.15, -0.1) is 0 Å². The van der Waals surface area contributed by atoms with Crippen LogP contribution in [0.25, 0.3) is 0 Å². The van der Waals surface area contributed by atoms with E-state index in [-0.39, 0.29) is 5.41 Å². The average molecular weight is 313 g/mol. The van der Waals surface area contributed by atoms with E-state index >= 15 is 0 Å². The smallest absolute Gasteiger partial charge is 0.194 e. The van der Waals surface area contributed by atoms with Crippen LogP contribution in [0.1, 0.15) is 32.3 Å². The zero-order valence-corrected chi connectivity index (χ0v) is 12.7. The van der Waals surface area contributed by atoms with E-state index in [1.807, 2.05) is 18.2 Å². The molecule has 2 nitrogen and oxygen atoms in total. The van der Waals surface area contributed by atoms with E-state index in [0.29, 0.717) is 0 Å². The van der Waals surface area contributed by atoms with Crippen molar-refractivity contribution in [1.82, 2.24) is 0 Å². The standard InChI is InChI=1S/C15H21BrO2/c1-14(2)11-17-15(18-12-14,9-6-10-16)13-7-4-3-5-8-13/h3-5,7-8H,6,9-12H2,1-2H3. The quantitative estimate of drug-likeness (QED) is 0.780. The summed E-state index contributed by atoms with van der Waals surface area (Å²) in [6.45, 7) is 5.83. The second-order valence-electron chi connectivity index (χ2n) is 5.65. The van der Waals surface area contributed by atoms with Crippen molar-refractivity contribution in [1.29, 1.82) is 0 Å². The van der Waals surface area contributed by atoms with Crippen molar-refractivity contribution in [3.05, 3.63) is 35.9 Å².